The predicted molar refractivity (Wildman–Crippen MR) is 115 cm³/mol. The second-order valence-electron chi connectivity index (χ2n) is 7.07. The van der Waals surface area contributed by atoms with E-state index in [4.69, 9.17) is 0 Å². The third-order valence-electron chi connectivity index (χ3n) is 5.25. The van der Waals surface area contributed by atoms with Crippen LogP contribution in [0.15, 0.2) is 37.1 Å². The van der Waals surface area contributed by atoms with Gasteiger partial charge in [0.1, 0.15) is 12.7 Å². The second-order valence-corrected chi connectivity index (χ2v) is 7.07. The van der Waals surface area contributed by atoms with Gasteiger partial charge in [-0.15, -0.1) is 35.0 Å². The van der Waals surface area contributed by atoms with Crippen molar-refractivity contribution in [2.24, 2.45) is 0 Å². The number of fused-ring (bicyclic) bond motifs is 1. The summed E-state index contributed by atoms with van der Waals surface area (Å²) in [5.41, 5.74) is 3.74. The van der Waals surface area contributed by atoms with Gasteiger partial charge in [-0.3, -0.25) is 4.57 Å². The molecule has 0 amide bonds. The smallest absolute Gasteiger partial charge is 0.123 e. The van der Waals surface area contributed by atoms with E-state index in [0.29, 0.717) is 0 Å². The molecule has 6 nitrogen and oxygen atoms in total. The van der Waals surface area contributed by atoms with Crippen molar-refractivity contribution in [3.63, 3.8) is 0 Å². The minimum atomic E-state index is 0. The molecule has 3 heterocycles. The van der Waals surface area contributed by atoms with Gasteiger partial charge >= 0.3 is 0 Å². The zero-order valence-corrected chi connectivity index (χ0v) is 17.5. The van der Waals surface area contributed by atoms with Gasteiger partial charge in [0.15, 0.2) is 0 Å². The standard InChI is InChI=1S/C19H26N6.2ClH/c1-16-13-24(7-3-6-23-10-8-22(2)9-11-23)19-12-17(4-5-18(16)19)25-14-20-21-15-25;;/h4-5,12-15H,3,6-11H2,1-2H3;2*1H. The van der Waals surface area contributed by atoms with Crippen molar-refractivity contribution in [2.75, 3.05) is 39.8 Å². The van der Waals surface area contributed by atoms with Crippen LogP contribution in [0.3, 0.4) is 0 Å². The molecule has 0 atom stereocenters. The van der Waals surface area contributed by atoms with E-state index in [1.165, 1.54) is 55.6 Å². The zero-order chi connectivity index (χ0) is 17.2. The minimum absolute atomic E-state index is 0. The van der Waals surface area contributed by atoms with E-state index < -0.39 is 0 Å². The van der Waals surface area contributed by atoms with E-state index in [0.717, 1.165) is 12.2 Å². The van der Waals surface area contributed by atoms with Gasteiger partial charge in [0.25, 0.3) is 0 Å². The van der Waals surface area contributed by atoms with Gasteiger partial charge in [-0.05, 0) is 44.6 Å². The zero-order valence-electron chi connectivity index (χ0n) is 15.9. The lowest BCUT2D eigenvalue weighted by molar-refractivity contribution is 0.151. The van der Waals surface area contributed by atoms with Crippen LogP contribution in [-0.2, 0) is 6.54 Å². The first-order valence-corrected chi connectivity index (χ1v) is 9.06. The van der Waals surface area contributed by atoms with Crippen LogP contribution in [0.5, 0.6) is 0 Å². The fraction of sp³-hybridized carbons (Fsp3) is 0.474. The molecule has 1 saturated heterocycles. The molecule has 1 aromatic carbocycles. The van der Waals surface area contributed by atoms with Crippen molar-refractivity contribution >= 4 is 35.7 Å². The molecule has 0 radical (unpaired) electrons. The Kier molecular flexibility index (Phi) is 7.68. The molecule has 0 spiro atoms. The van der Waals surface area contributed by atoms with Gasteiger partial charge < -0.3 is 14.4 Å². The van der Waals surface area contributed by atoms with Crippen molar-refractivity contribution < 1.29 is 0 Å². The second kappa shape index (κ2) is 9.55. The Morgan fingerprint density at radius 1 is 0.963 bits per heavy atom. The Balaban J connectivity index is 0.00000131. The average molecular weight is 411 g/mol. The van der Waals surface area contributed by atoms with Crippen LogP contribution in [-0.4, -0.2) is 68.9 Å². The largest absolute Gasteiger partial charge is 0.347 e. The number of nitrogens with zero attached hydrogens (tertiary/aromatic N) is 6. The molecule has 1 aliphatic rings. The summed E-state index contributed by atoms with van der Waals surface area (Å²) in [4.78, 5) is 4.99. The fourth-order valence-corrected chi connectivity index (χ4v) is 3.68. The van der Waals surface area contributed by atoms with Crippen LogP contribution < -0.4 is 0 Å². The van der Waals surface area contributed by atoms with Gasteiger partial charge in [-0.25, -0.2) is 0 Å². The summed E-state index contributed by atoms with van der Waals surface area (Å²) in [6.45, 7) is 9.19. The summed E-state index contributed by atoms with van der Waals surface area (Å²) in [6.07, 6.45) is 6.96. The number of aryl methyl sites for hydroxylation is 2. The molecule has 0 aliphatic carbocycles. The van der Waals surface area contributed by atoms with E-state index in [1.54, 1.807) is 12.7 Å². The quantitative estimate of drug-likeness (QED) is 0.648. The Labute approximate surface area is 173 Å². The first kappa shape index (κ1) is 21.7. The minimum Gasteiger partial charge on any atom is -0.347 e. The van der Waals surface area contributed by atoms with Crippen molar-refractivity contribution in [1.29, 1.82) is 0 Å². The Morgan fingerprint density at radius 3 is 2.37 bits per heavy atom. The highest BCUT2D eigenvalue weighted by molar-refractivity contribution is 5.86. The summed E-state index contributed by atoms with van der Waals surface area (Å²) < 4.78 is 4.35. The van der Waals surface area contributed by atoms with E-state index in [2.05, 4.69) is 62.9 Å². The number of hydrogen-bond acceptors (Lipinski definition) is 4. The van der Waals surface area contributed by atoms with Gasteiger partial charge in [-0.1, -0.05) is 6.07 Å². The first-order valence-electron chi connectivity index (χ1n) is 9.06. The average Bonchev–Trinajstić information content (AvgIpc) is 3.26. The summed E-state index contributed by atoms with van der Waals surface area (Å²) in [5.74, 6) is 0. The Hall–Kier alpha value is -1.60. The number of likely N-dealkylation sites (N-methyl/N-ethyl adjacent to an activating group) is 1. The summed E-state index contributed by atoms with van der Waals surface area (Å²) >= 11 is 0. The van der Waals surface area contributed by atoms with Crippen LogP contribution in [0.1, 0.15) is 12.0 Å². The van der Waals surface area contributed by atoms with Crippen molar-refractivity contribution in [3.8, 4) is 5.69 Å². The Morgan fingerprint density at radius 2 is 1.67 bits per heavy atom. The molecule has 1 aliphatic heterocycles. The van der Waals surface area contributed by atoms with Gasteiger partial charge in [0.2, 0.25) is 0 Å². The molecule has 0 saturated carbocycles. The van der Waals surface area contributed by atoms with Gasteiger partial charge in [0, 0.05) is 44.3 Å². The molecule has 27 heavy (non-hydrogen) atoms. The molecule has 148 valence electrons. The first-order chi connectivity index (χ1) is 12.2. The number of rotatable bonds is 5. The highest BCUT2D eigenvalue weighted by Gasteiger charge is 2.13. The molecular formula is C19H28Cl2N6. The summed E-state index contributed by atoms with van der Waals surface area (Å²) in [7, 11) is 2.21. The van der Waals surface area contributed by atoms with E-state index in [-0.39, 0.29) is 24.8 Å². The number of piperazine rings is 1. The topological polar surface area (TPSA) is 42.1 Å². The van der Waals surface area contributed by atoms with Crippen LogP contribution in [0, 0.1) is 6.92 Å². The van der Waals surface area contributed by atoms with Crippen LogP contribution in [0.25, 0.3) is 16.6 Å². The lowest BCUT2D eigenvalue weighted by Gasteiger charge is -2.32. The summed E-state index contributed by atoms with van der Waals surface area (Å²) in [6, 6.07) is 6.58. The lowest BCUT2D eigenvalue weighted by atomic mass is 10.2. The maximum Gasteiger partial charge on any atom is 0.123 e. The number of aromatic nitrogens is 4. The molecule has 0 bridgehead atoms. The molecule has 8 heteroatoms. The molecule has 2 aromatic heterocycles. The van der Waals surface area contributed by atoms with Crippen LogP contribution in [0.2, 0.25) is 0 Å². The highest BCUT2D eigenvalue weighted by Crippen LogP contribution is 2.24. The van der Waals surface area contributed by atoms with E-state index in [1.807, 2.05) is 4.57 Å². The third kappa shape index (κ3) is 4.82. The number of hydrogen-bond donors (Lipinski definition) is 0. The normalized spacial score (nSPS) is 15.5. The number of halogens is 2. The van der Waals surface area contributed by atoms with E-state index in [9.17, 15) is 0 Å². The van der Waals surface area contributed by atoms with Gasteiger partial charge in [-0.2, -0.15) is 0 Å². The maximum absolute atomic E-state index is 3.91. The van der Waals surface area contributed by atoms with Gasteiger partial charge in [0.05, 0.1) is 11.2 Å². The fourth-order valence-electron chi connectivity index (χ4n) is 3.68. The van der Waals surface area contributed by atoms with Crippen molar-refractivity contribution in [3.05, 3.63) is 42.6 Å². The van der Waals surface area contributed by atoms with Crippen molar-refractivity contribution in [1.82, 2.24) is 29.1 Å². The third-order valence-corrected chi connectivity index (χ3v) is 5.25. The van der Waals surface area contributed by atoms with E-state index >= 15 is 0 Å². The Bertz CT molecular complexity index is 837. The highest BCUT2D eigenvalue weighted by atomic mass is 35.5. The number of benzene rings is 1. The lowest BCUT2D eigenvalue weighted by Crippen LogP contribution is -2.44. The molecule has 0 unspecified atom stereocenters. The van der Waals surface area contributed by atoms with Crippen LogP contribution in [0.4, 0.5) is 0 Å². The SMILES string of the molecule is Cc1cn(CCCN2CCN(C)CC2)c2cc(-n3cnnc3)ccc12.Cl.Cl. The van der Waals surface area contributed by atoms with Crippen LogP contribution >= 0.6 is 24.8 Å². The van der Waals surface area contributed by atoms with Crippen molar-refractivity contribution in [2.45, 2.75) is 19.9 Å². The summed E-state index contributed by atoms with van der Waals surface area (Å²) in [5, 5.41) is 9.15. The molecule has 1 fully saturated rings. The molecule has 0 N–H and O–H groups in total. The molecule has 3 aromatic rings. The maximum atomic E-state index is 3.91. The monoisotopic (exact) mass is 410 g/mol. The predicted octanol–water partition coefficient (Wildman–Crippen LogP) is 3.01. The molecular weight excluding hydrogens is 383 g/mol. The molecule has 4 rings (SSSR count).